The van der Waals surface area contributed by atoms with Gasteiger partial charge in [0.25, 0.3) is 0 Å². The van der Waals surface area contributed by atoms with Crippen LogP contribution in [0.15, 0.2) is 18.2 Å². The van der Waals surface area contributed by atoms with E-state index in [2.05, 4.69) is 0 Å². The van der Waals surface area contributed by atoms with Gasteiger partial charge in [-0.2, -0.15) is 0 Å². The van der Waals surface area contributed by atoms with E-state index in [1.165, 1.54) is 19.1 Å². The van der Waals surface area contributed by atoms with Gasteiger partial charge in [0.1, 0.15) is 16.3 Å². The van der Waals surface area contributed by atoms with Gasteiger partial charge in [-0.25, -0.2) is 4.39 Å². The molecule has 1 aromatic carbocycles. The molecule has 1 N–H and O–H groups in total. The number of aliphatic hydroxyl groups is 1. The van der Waals surface area contributed by atoms with Gasteiger partial charge in [-0.3, -0.25) is 0 Å². The van der Waals surface area contributed by atoms with Crippen molar-refractivity contribution in [3.05, 3.63) is 35.1 Å². The van der Waals surface area contributed by atoms with Gasteiger partial charge in [-0.1, -0.05) is 40.9 Å². The Labute approximate surface area is 92.5 Å². The fraction of sp³-hybridized carbons (Fsp3) is 0.400. The van der Waals surface area contributed by atoms with E-state index in [1.807, 2.05) is 0 Å². The summed E-state index contributed by atoms with van der Waals surface area (Å²) >= 11 is 11.4. The first-order valence-electron chi connectivity index (χ1n) is 4.14. The highest BCUT2D eigenvalue weighted by molar-refractivity contribution is 6.48. The summed E-state index contributed by atoms with van der Waals surface area (Å²) in [6.45, 7) is 3.22. The summed E-state index contributed by atoms with van der Waals surface area (Å²) in [5.41, 5.74) is 0.968. The minimum absolute atomic E-state index is 0.123. The first-order valence-corrected chi connectivity index (χ1v) is 4.90. The fourth-order valence-electron chi connectivity index (χ4n) is 1.15. The zero-order valence-electron chi connectivity index (χ0n) is 7.89. The molecule has 0 saturated heterocycles. The standard InChI is InChI=1S/C10H11Cl2FO/c1-6-3-4-8(13)7(5-6)9(14)10(2,11)12/h3-5,9,14H,1-2H3. The van der Waals surface area contributed by atoms with E-state index in [0.29, 0.717) is 0 Å². The van der Waals surface area contributed by atoms with E-state index < -0.39 is 16.3 Å². The number of alkyl halides is 2. The molecule has 1 unspecified atom stereocenters. The van der Waals surface area contributed by atoms with E-state index >= 15 is 0 Å². The SMILES string of the molecule is Cc1ccc(F)c(C(O)C(C)(Cl)Cl)c1. The number of hydrogen-bond donors (Lipinski definition) is 1. The van der Waals surface area contributed by atoms with Gasteiger partial charge in [0.05, 0.1) is 0 Å². The lowest BCUT2D eigenvalue weighted by Gasteiger charge is -2.22. The molecule has 4 heteroatoms. The molecule has 0 aromatic heterocycles. The summed E-state index contributed by atoms with van der Waals surface area (Å²) in [7, 11) is 0. The van der Waals surface area contributed by atoms with Crippen LogP contribution < -0.4 is 0 Å². The smallest absolute Gasteiger partial charge is 0.145 e. The molecule has 0 radical (unpaired) electrons. The van der Waals surface area contributed by atoms with Crippen molar-refractivity contribution in [1.82, 2.24) is 0 Å². The highest BCUT2D eigenvalue weighted by Gasteiger charge is 2.31. The second kappa shape index (κ2) is 4.05. The van der Waals surface area contributed by atoms with Crippen molar-refractivity contribution >= 4 is 23.2 Å². The van der Waals surface area contributed by atoms with E-state index in [9.17, 15) is 9.50 Å². The number of aryl methyl sites for hydroxylation is 1. The molecule has 0 heterocycles. The molecular weight excluding hydrogens is 226 g/mol. The van der Waals surface area contributed by atoms with Crippen molar-refractivity contribution in [2.24, 2.45) is 0 Å². The van der Waals surface area contributed by atoms with E-state index in [4.69, 9.17) is 23.2 Å². The molecule has 0 spiro atoms. The number of aliphatic hydroxyl groups excluding tert-OH is 1. The molecule has 14 heavy (non-hydrogen) atoms. The summed E-state index contributed by atoms with van der Waals surface area (Å²) in [5.74, 6) is -0.504. The highest BCUT2D eigenvalue weighted by atomic mass is 35.5. The third kappa shape index (κ3) is 2.59. The maximum absolute atomic E-state index is 13.3. The van der Waals surface area contributed by atoms with Crippen LogP contribution in [0.25, 0.3) is 0 Å². The summed E-state index contributed by atoms with van der Waals surface area (Å²) in [4.78, 5) is 0. The maximum Gasteiger partial charge on any atom is 0.145 e. The number of rotatable bonds is 2. The molecule has 1 rings (SSSR count). The van der Waals surface area contributed by atoms with Crippen LogP contribution in [0.5, 0.6) is 0 Å². The zero-order valence-corrected chi connectivity index (χ0v) is 9.40. The molecular formula is C10H11Cl2FO. The van der Waals surface area contributed by atoms with Gasteiger partial charge >= 0.3 is 0 Å². The predicted octanol–water partition coefficient (Wildman–Crippen LogP) is 3.36. The van der Waals surface area contributed by atoms with Gasteiger partial charge in [-0.05, 0) is 19.9 Å². The molecule has 1 atom stereocenters. The molecule has 0 bridgehead atoms. The van der Waals surface area contributed by atoms with Crippen LogP contribution >= 0.6 is 23.2 Å². The van der Waals surface area contributed by atoms with Crippen molar-refractivity contribution in [2.45, 2.75) is 24.3 Å². The molecule has 0 saturated carbocycles. The summed E-state index contributed by atoms with van der Waals surface area (Å²) in [5, 5.41) is 9.66. The topological polar surface area (TPSA) is 20.2 Å². The predicted molar refractivity (Wildman–Crippen MR) is 56.2 cm³/mol. The van der Waals surface area contributed by atoms with E-state index in [-0.39, 0.29) is 5.56 Å². The minimum Gasteiger partial charge on any atom is -0.385 e. The first kappa shape index (κ1) is 11.8. The quantitative estimate of drug-likeness (QED) is 0.782. The number of benzene rings is 1. The summed E-state index contributed by atoms with van der Waals surface area (Å²) in [6, 6.07) is 4.43. The van der Waals surface area contributed by atoms with Crippen molar-refractivity contribution in [2.75, 3.05) is 0 Å². The average molecular weight is 237 g/mol. The van der Waals surface area contributed by atoms with Crippen LogP contribution in [-0.2, 0) is 0 Å². The van der Waals surface area contributed by atoms with Gasteiger partial charge in [-0.15, -0.1) is 0 Å². The molecule has 0 fully saturated rings. The highest BCUT2D eigenvalue weighted by Crippen LogP contribution is 2.36. The van der Waals surface area contributed by atoms with Crippen LogP contribution in [0, 0.1) is 12.7 Å². The molecule has 0 aliphatic heterocycles. The van der Waals surface area contributed by atoms with Crippen LogP contribution in [0.2, 0.25) is 0 Å². The number of halogens is 3. The Morgan fingerprint density at radius 1 is 1.43 bits per heavy atom. The Hall–Kier alpha value is -0.310. The lowest BCUT2D eigenvalue weighted by atomic mass is 10.0. The first-order chi connectivity index (χ1) is 6.32. The maximum atomic E-state index is 13.3. The second-order valence-corrected chi connectivity index (χ2v) is 5.15. The molecule has 0 aliphatic rings. The summed E-state index contributed by atoms with van der Waals surface area (Å²) < 4.78 is 11.9. The van der Waals surface area contributed by atoms with Crippen molar-refractivity contribution < 1.29 is 9.50 Å². The fourth-order valence-corrected chi connectivity index (χ4v) is 1.38. The van der Waals surface area contributed by atoms with Gasteiger partial charge in [0.2, 0.25) is 0 Å². The van der Waals surface area contributed by atoms with Crippen LogP contribution in [0.3, 0.4) is 0 Å². The van der Waals surface area contributed by atoms with Gasteiger partial charge in [0.15, 0.2) is 0 Å². The molecule has 0 aliphatic carbocycles. The third-order valence-electron chi connectivity index (χ3n) is 1.93. The molecule has 1 nitrogen and oxygen atoms in total. The van der Waals surface area contributed by atoms with Gasteiger partial charge < -0.3 is 5.11 Å². The Kier molecular flexibility index (Phi) is 3.40. The van der Waals surface area contributed by atoms with Gasteiger partial charge in [0, 0.05) is 5.56 Å². The van der Waals surface area contributed by atoms with Crippen molar-refractivity contribution in [3.8, 4) is 0 Å². The molecule has 78 valence electrons. The summed E-state index contributed by atoms with van der Waals surface area (Å²) in [6.07, 6.45) is -1.23. The lowest BCUT2D eigenvalue weighted by Crippen LogP contribution is -2.20. The normalized spacial score (nSPS) is 14.1. The average Bonchev–Trinajstić information content (AvgIpc) is 2.06. The zero-order chi connectivity index (χ0) is 10.9. The Bertz CT molecular complexity index is 333. The molecule has 1 aromatic rings. The number of hydrogen-bond acceptors (Lipinski definition) is 1. The van der Waals surface area contributed by atoms with Crippen molar-refractivity contribution in [1.29, 1.82) is 0 Å². The van der Waals surface area contributed by atoms with Crippen LogP contribution in [0.4, 0.5) is 4.39 Å². The Morgan fingerprint density at radius 3 is 2.50 bits per heavy atom. The van der Waals surface area contributed by atoms with E-state index in [1.54, 1.807) is 13.0 Å². The Balaban J connectivity index is 3.12. The van der Waals surface area contributed by atoms with Crippen LogP contribution in [0.1, 0.15) is 24.2 Å². The van der Waals surface area contributed by atoms with Crippen LogP contribution in [-0.4, -0.2) is 9.44 Å². The Morgan fingerprint density at radius 2 is 2.00 bits per heavy atom. The second-order valence-electron chi connectivity index (χ2n) is 3.38. The monoisotopic (exact) mass is 236 g/mol. The third-order valence-corrected chi connectivity index (χ3v) is 2.34. The molecule has 0 amide bonds. The van der Waals surface area contributed by atoms with E-state index in [0.717, 1.165) is 5.56 Å². The lowest BCUT2D eigenvalue weighted by molar-refractivity contribution is 0.159. The largest absolute Gasteiger partial charge is 0.385 e. The minimum atomic E-state index is -1.39. The van der Waals surface area contributed by atoms with Crippen molar-refractivity contribution in [3.63, 3.8) is 0 Å².